The van der Waals surface area contributed by atoms with Crippen molar-refractivity contribution in [3.05, 3.63) is 70.8 Å². The van der Waals surface area contributed by atoms with Crippen molar-refractivity contribution in [1.29, 1.82) is 0 Å². The second-order valence-electron chi connectivity index (χ2n) is 7.94. The standard InChI is InChI=1S/C23H23F2N3O3/c1-23(24,25)22(30)27-20(26)15-7-8-16-12-28(21(29)17(16)11-15)19-9-10-31-13-18(19)14-5-3-2-4-6-14/h2-8,11,18-19H,9-10,12-13H2,1H3,(H2,26,27,30). The smallest absolute Gasteiger partial charge is 0.324 e. The molecule has 0 aromatic heterocycles. The number of carbonyl (C=O) groups excluding carboxylic acids is 2. The number of hydrogen-bond donors (Lipinski definition) is 1. The van der Waals surface area contributed by atoms with Crippen LogP contribution >= 0.6 is 0 Å². The summed E-state index contributed by atoms with van der Waals surface area (Å²) < 4.78 is 31.9. The van der Waals surface area contributed by atoms with Crippen molar-refractivity contribution in [2.24, 2.45) is 10.7 Å². The molecule has 8 heteroatoms. The molecule has 162 valence electrons. The molecule has 0 aliphatic carbocycles. The Morgan fingerprint density at radius 3 is 2.68 bits per heavy atom. The van der Waals surface area contributed by atoms with Gasteiger partial charge in [-0.2, -0.15) is 13.8 Å². The molecule has 2 aliphatic heterocycles. The fourth-order valence-electron chi connectivity index (χ4n) is 4.14. The minimum atomic E-state index is -3.61. The first-order chi connectivity index (χ1) is 14.8. The number of benzene rings is 2. The van der Waals surface area contributed by atoms with Crippen LogP contribution in [0.5, 0.6) is 0 Å². The van der Waals surface area contributed by atoms with Crippen molar-refractivity contribution >= 4 is 17.6 Å². The Bertz CT molecular complexity index is 1030. The van der Waals surface area contributed by atoms with Crippen molar-refractivity contribution < 1.29 is 23.1 Å². The third kappa shape index (κ3) is 4.20. The van der Waals surface area contributed by atoms with E-state index in [1.54, 1.807) is 12.1 Å². The highest BCUT2D eigenvalue weighted by Crippen LogP contribution is 2.35. The van der Waals surface area contributed by atoms with Gasteiger partial charge in [0.2, 0.25) is 0 Å². The number of hydrogen-bond acceptors (Lipinski definition) is 3. The van der Waals surface area contributed by atoms with Crippen molar-refractivity contribution in [3.8, 4) is 0 Å². The van der Waals surface area contributed by atoms with E-state index in [1.807, 2.05) is 35.2 Å². The van der Waals surface area contributed by atoms with E-state index >= 15 is 0 Å². The molecule has 0 radical (unpaired) electrons. The van der Waals surface area contributed by atoms with Crippen LogP contribution in [0.1, 0.15) is 46.3 Å². The van der Waals surface area contributed by atoms with E-state index in [2.05, 4.69) is 4.99 Å². The molecule has 6 nitrogen and oxygen atoms in total. The summed E-state index contributed by atoms with van der Waals surface area (Å²) in [6.45, 7) is 2.03. The van der Waals surface area contributed by atoms with E-state index in [-0.39, 0.29) is 29.3 Å². The lowest BCUT2D eigenvalue weighted by molar-refractivity contribution is -0.139. The largest absolute Gasteiger partial charge is 0.383 e. The van der Waals surface area contributed by atoms with Gasteiger partial charge in [0, 0.05) is 43.2 Å². The number of fused-ring (bicyclic) bond motifs is 1. The van der Waals surface area contributed by atoms with Crippen molar-refractivity contribution in [3.63, 3.8) is 0 Å². The van der Waals surface area contributed by atoms with Crippen LogP contribution in [0, 0.1) is 0 Å². The van der Waals surface area contributed by atoms with E-state index in [9.17, 15) is 18.4 Å². The molecule has 2 amide bonds. The third-order valence-electron chi connectivity index (χ3n) is 5.78. The van der Waals surface area contributed by atoms with Crippen molar-refractivity contribution in [1.82, 2.24) is 4.90 Å². The third-order valence-corrected chi connectivity index (χ3v) is 5.78. The van der Waals surface area contributed by atoms with E-state index in [0.717, 1.165) is 17.5 Å². The molecule has 2 aromatic rings. The number of halogens is 2. The van der Waals surface area contributed by atoms with Crippen molar-refractivity contribution in [2.75, 3.05) is 13.2 Å². The summed E-state index contributed by atoms with van der Waals surface area (Å²) in [4.78, 5) is 29.9. The topological polar surface area (TPSA) is 85.0 Å². The lowest BCUT2D eigenvalue weighted by atomic mass is 9.87. The maximum Gasteiger partial charge on any atom is 0.324 e. The molecule has 2 unspecified atom stereocenters. The quantitative estimate of drug-likeness (QED) is 0.600. The number of nitrogens with zero attached hydrogens (tertiary/aromatic N) is 2. The summed E-state index contributed by atoms with van der Waals surface area (Å²) in [5.74, 6) is -5.66. The second-order valence-corrected chi connectivity index (χ2v) is 7.94. The predicted octanol–water partition coefficient (Wildman–Crippen LogP) is 3.10. The zero-order valence-electron chi connectivity index (χ0n) is 17.1. The van der Waals surface area contributed by atoms with Crippen LogP contribution < -0.4 is 5.73 Å². The zero-order valence-corrected chi connectivity index (χ0v) is 17.1. The summed E-state index contributed by atoms with van der Waals surface area (Å²) >= 11 is 0. The van der Waals surface area contributed by atoms with Crippen LogP contribution in [0.4, 0.5) is 8.78 Å². The molecule has 4 rings (SSSR count). The molecule has 2 heterocycles. The lowest BCUT2D eigenvalue weighted by Crippen LogP contribution is -2.44. The Labute approximate surface area is 178 Å². The zero-order chi connectivity index (χ0) is 22.2. The van der Waals surface area contributed by atoms with Crippen LogP contribution in [0.25, 0.3) is 0 Å². The highest BCUT2D eigenvalue weighted by Gasteiger charge is 2.39. The average molecular weight is 427 g/mol. The number of amides is 2. The first-order valence-corrected chi connectivity index (χ1v) is 10.1. The molecule has 0 spiro atoms. The number of aliphatic imine (C=N–C) groups is 1. The number of nitrogens with two attached hydrogens (primary N) is 1. The van der Waals surface area contributed by atoms with Crippen LogP contribution in [-0.2, 0) is 16.1 Å². The van der Waals surface area contributed by atoms with E-state index in [1.165, 1.54) is 6.07 Å². The molecule has 31 heavy (non-hydrogen) atoms. The molecule has 2 atom stereocenters. The van der Waals surface area contributed by atoms with E-state index < -0.39 is 11.8 Å². The molecule has 2 N–H and O–H groups in total. The Morgan fingerprint density at radius 1 is 1.23 bits per heavy atom. The Balaban J connectivity index is 1.59. The fourth-order valence-corrected chi connectivity index (χ4v) is 4.14. The maximum absolute atomic E-state index is 13.2. The lowest BCUT2D eigenvalue weighted by Gasteiger charge is -2.38. The summed E-state index contributed by atoms with van der Waals surface area (Å²) in [6.07, 6.45) is 0.718. The van der Waals surface area contributed by atoms with Crippen LogP contribution in [0.15, 0.2) is 53.5 Å². The number of rotatable bonds is 4. The Morgan fingerprint density at radius 2 is 1.97 bits per heavy atom. The highest BCUT2D eigenvalue weighted by atomic mass is 19.3. The van der Waals surface area contributed by atoms with E-state index in [0.29, 0.717) is 32.2 Å². The number of amidine groups is 1. The van der Waals surface area contributed by atoms with Gasteiger partial charge in [0.15, 0.2) is 0 Å². The number of ether oxygens (including phenoxy) is 1. The van der Waals surface area contributed by atoms with Gasteiger partial charge in [-0.25, -0.2) is 0 Å². The first kappa shape index (κ1) is 21.1. The fraction of sp³-hybridized carbons (Fsp3) is 0.348. The minimum Gasteiger partial charge on any atom is -0.383 e. The minimum absolute atomic E-state index is 0.0223. The van der Waals surface area contributed by atoms with Crippen LogP contribution in [0.2, 0.25) is 0 Å². The van der Waals surface area contributed by atoms with Gasteiger partial charge < -0.3 is 15.4 Å². The summed E-state index contributed by atoms with van der Waals surface area (Å²) in [6, 6.07) is 14.8. The molecule has 1 saturated heterocycles. The Hall–Kier alpha value is -3.13. The monoisotopic (exact) mass is 427 g/mol. The number of carbonyl (C=O) groups is 2. The normalized spacial score (nSPS) is 21.8. The number of alkyl halides is 2. The summed E-state index contributed by atoms with van der Waals surface area (Å²) in [5, 5.41) is 0. The summed E-state index contributed by atoms with van der Waals surface area (Å²) in [7, 11) is 0. The Kier molecular flexibility index (Phi) is 5.58. The SMILES string of the molecule is CC(F)(F)C(=O)N=C(N)c1ccc2c(c1)C(=O)N(C1CCOCC1c1ccccc1)C2. The van der Waals surface area contributed by atoms with Gasteiger partial charge in [-0.3, -0.25) is 9.59 Å². The molecular formula is C23H23F2N3O3. The van der Waals surface area contributed by atoms with Gasteiger partial charge in [-0.15, -0.1) is 0 Å². The predicted molar refractivity (Wildman–Crippen MR) is 111 cm³/mol. The molecule has 2 aromatic carbocycles. The second kappa shape index (κ2) is 8.19. The maximum atomic E-state index is 13.2. The van der Waals surface area contributed by atoms with Gasteiger partial charge in [0.05, 0.1) is 6.61 Å². The molecular weight excluding hydrogens is 404 g/mol. The van der Waals surface area contributed by atoms with Gasteiger partial charge in [-0.1, -0.05) is 42.5 Å². The van der Waals surface area contributed by atoms with Gasteiger partial charge in [0.25, 0.3) is 5.91 Å². The van der Waals surface area contributed by atoms with E-state index in [4.69, 9.17) is 10.5 Å². The molecule has 0 bridgehead atoms. The average Bonchev–Trinajstić information content (AvgIpc) is 3.09. The summed E-state index contributed by atoms with van der Waals surface area (Å²) in [5.41, 5.74) is 8.42. The molecule has 1 fully saturated rings. The molecule has 2 aliphatic rings. The first-order valence-electron chi connectivity index (χ1n) is 10.1. The highest BCUT2D eigenvalue weighted by molar-refractivity contribution is 6.07. The molecule has 0 saturated carbocycles. The van der Waals surface area contributed by atoms with Crippen LogP contribution in [-0.4, -0.2) is 47.7 Å². The van der Waals surface area contributed by atoms with Gasteiger partial charge in [0.1, 0.15) is 5.84 Å². The van der Waals surface area contributed by atoms with Gasteiger partial charge >= 0.3 is 11.8 Å². The van der Waals surface area contributed by atoms with Gasteiger partial charge in [-0.05, 0) is 23.6 Å². The van der Waals surface area contributed by atoms with Crippen LogP contribution in [0.3, 0.4) is 0 Å². The van der Waals surface area contributed by atoms with Crippen molar-refractivity contribution in [2.45, 2.75) is 37.8 Å².